The van der Waals surface area contributed by atoms with Crippen LogP contribution in [0.2, 0.25) is 0 Å². The monoisotopic (exact) mass is 461 g/mol. The third-order valence-corrected chi connectivity index (χ3v) is 6.54. The average Bonchev–Trinajstić information content (AvgIpc) is 3.33. The Morgan fingerprint density at radius 3 is 2.42 bits per heavy atom. The molecule has 1 amide bonds. The summed E-state index contributed by atoms with van der Waals surface area (Å²) in [5.74, 6) is -2.00. The topological polar surface area (TPSA) is 114 Å². The van der Waals surface area contributed by atoms with Gasteiger partial charge in [-0.3, -0.25) is 9.59 Å². The lowest BCUT2D eigenvalue weighted by molar-refractivity contribution is -0.138. The number of carboxylic acids is 1. The number of halogens is 1. The van der Waals surface area contributed by atoms with Crippen molar-refractivity contribution >= 4 is 11.9 Å². The zero-order valence-electron chi connectivity index (χ0n) is 19.5. The Bertz CT molecular complexity index is 1020. The number of ether oxygens (including phenoxy) is 1. The Kier molecular flexibility index (Phi) is 6.83. The third-order valence-electron chi connectivity index (χ3n) is 6.54. The first kappa shape index (κ1) is 24.7. The SMILES string of the molecule is CC(C)(C)[C@](C)(O)COc1cc(C(=O)NC2(CC(=O)O)CCCC2)nn1-c1ccccc1F. The Hall–Kier alpha value is -2.94. The van der Waals surface area contributed by atoms with Crippen LogP contribution in [0, 0.1) is 11.2 Å². The molecule has 0 radical (unpaired) electrons. The molecule has 3 rings (SSSR count). The van der Waals surface area contributed by atoms with Gasteiger partial charge in [0.2, 0.25) is 5.88 Å². The van der Waals surface area contributed by atoms with Crippen molar-refractivity contribution in [1.29, 1.82) is 0 Å². The Balaban J connectivity index is 1.93. The number of carbonyl (C=O) groups excluding carboxylic acids is 1. The summed E-state index contributed by atoms with van der Waals surface area (Å²) in [6.45, 7) is 7.13. The number of carboxylic acid groups (broad SMARTS) is 1. The van der Waals surface area contributed by atoms with E-state index in [2.05, 4.69) is 10.4 Å². The van der Waals surface area contributed by atoms with E-state index < -0.39 is 34.2 Å². The minimum Gasteiger partial charge on any atom is -0.481 e. The molecule has 33 heavy (non-hydrogen) atoms. The van der Waals surface area contributed by atoms with Crippen LogP contribution in [0.1, 0.15) is 70.3 Å². The molecule has 0 bridgehead atoms. The number of nitrogens with zero attached hydrogens (tertiary/aromatic N) is 2. The number of carbonyl (C=O) groups is 2. The maximum absolute atomic E-state index is 14.5. The van der Waals surface area contributed by atoms with Crippen molar-refractivity contribution in [1.82, 2.24) is 15.1 Å². The second-order valence-electron chi connectivity index (χ2n) is 10.1. The molecule has 1 atom stereocenters. The van der Waals surface area contributed by atoms with Crippen LogP contribution >= 0.6 is 0 Å². The fourth-order valence-corrected chi connectivity index (χ4v) is 3.80. The van der Waals surface area contributed by atoms with Crippen molar-refractivity contribution in [2.24, 2.45) is 5.41 Å². The van der Waals surface area contributed by atoms with Crippen molar-refractivity contribution in [3.8, 4) is 11.6 Å². The van der Waals surface area contributed by atoms with E-state index in [1.54, 1.807) is 13.0 Å². The predicted molar refractivity (Wildman–Crippen MR) is 120 cm³/mol. The second-order valence-corrected chi connectivity index (χ2v) is 10.1. The van der Waals surface area contributed by atoms with E-state index in [-0.39, 0.29) is 30.3 Å². The van der Waals surface area contributed by atoms with Crippen molar-refractivity contribution in [3.63, 3.8) is 0 Å². The van der Waals surface area contributed by atoms with E-state index in [4.69, 9.17) is 4.74 Å². The highest BCUT2D eigenvalue weighted by molar-refractivity contribution is 5.93. The minimum atomic E-state index is -1.21. The molecule has 0 spiro atoms. The van der Waals surface area contributed by atoms with Gasteiger partial charge in [-0.05, 0) is 37.3 Å². The molecule has 0 aliphatic heterocycles. The summed E-state index contributed by atoms with van der Waals surface area (Å²) < 4.78 is 21.5. The van der Waals surface area contributed by atoms with E-state index >= 15 is 0 Å². The molecule has 8 nitrogen and oxygen atoms in total. The summed E-state index contributed by atoms with van der Waals surface area (Å²) in [6.07, 6.45) is 2.61. The first-order valence-electron chi connectivity index (χ1n) is 11.1. The number of hydrogen-bond acceptors (Lipinski definition) is 5. The average molecular weight is 462 g/mol. The molecule has 0 saturated heterocycles. The van der Waals surface area contributed by atoms with Gasteiger partial charge in [-0.15, -0.1) is 0 Å². The zero-order valence-corrected chi connectivity index (χ0v) is 19.5. The molecule has 1 aliphatic rings. The van der Waals surface area contributed by atoms with Crippen LogP contribution in [-0.2, 0) is 4.79 Å². The standard InChI is InChI=1S/C24H32FN3O5/c1-22(2,3)23(4,32)15-33-19-13-17(27-28(19)18-10-6-5-9-16(18)25)21(31)26-24(14-20(29)30)11-7-8-12-24/h5-6,9-10,13,32H,7-8,11-12,14-15H2,1-4H3,(H,26,31)(H,29,30)/t23-/m1/s1. The number of rotatable bonds is 8. The van der Waals surface area contributed by atoms with E-state index in [0.29, 0.717) is 12.8 Å². The van der Waals surface area contributed by atoms with Crippen LogP contribution in [0.3, 0.4) is 0 Å². The largest absolute Gasteiger partial charge is 0.481 e. The number of aliphatic hydroxyl groups is 1. The molecule has 180 valence electrons. The summed E-state index contributed by atoms with van der Waals surface area (Å²) in [5.41, 5.74) is -2.48. The van der Waals surface area contributed by atoms with Gasteiger partial charge in [-0.1, -0.05) is 45.7 Å². The van der Waals surface area contributed by atoms with Gasteiger partial charge in [0.05, 0.1) is 12.0 Å². The van der Waals surface area contributed by atoms with Gasteiger partial charge in [0, 0.05) is 6.07 Å². The number of amides is 1. The fourth-order valence-electron chi connectivity index (χ4n) is 3.80. The molecule has 1 aromatic heterocycles. The summed E-state index contributed by atoms with van der Waals surface area (Å²) in [5, 5.41) is 27.2. The molecule has 1 saturated carbocycles. The first-order chi connectivity index (χ1) is 15.3. The molecule has 2 aromatic rings. The van der Waals surface area contributed by atoms with Crippen molar-refractivity contribution in [3.05, 3.63) is 41.8 Å². The molecule has 1 heterocycles. The van der Waals surface area contributed by atoms with Gasteiger partial charge in [0.1, 0.15) is 23.7 Å². The number of hydrogen-bond donors (Lipinski definition) is 3. The minimum absolute atomic E-state index is 0.0275. The maximum Gasteiger partial charge on any atom is 0.305 e. The first-order valence-corrected chi connectivity index (χ1v) is 11.1. The van der Waals surface area contributed by atoms with Gasteiger partial charge < -0.3 is 20.3 Å². The summed E-state index contributed by atoms with van der Waals surface area (Å²) in [6, 6.07) is 7.32. The molecule has 0 unspecified atom stereocenters. The predicted octanol–water partition coefficient (Wildman–Crippen LogP) is 3.70. The molecule has 1 aromatic carbocycles. The Morgan fingerprint density at radius 2 is 1.85 bits per heavy atom. The number of benzene rings is 1. The maximum atomic E-state index is 14.5. The van der Waals surface area contributed by atoms with Gasteiger partial charge in [0.25, 0.3) is 5.91 Å². The van der Waals surface area contributed by atoms with Gasteiger partial charge in [-0.25, -0.2) is 4.39 Å². The highest BCUT2D eigenvalue weighted by atomic mass is 19.1. The Morgan fingerprint density at radius 1 is 1.21 bits per heavy atom. The summed E-state index contributed by atoms with van der Waals surface area (Å²) in [7, 11) is 0. The fraction of sp³-hybridized carbons (Fsp3) is 0.542. The van der Waals surface area contributed by atoms with Crippen molar-refractivity contribution in [2.45, 2.75) is 70.9 Å². The number of nitrogens with one attached hydrogen (secondary N) is 1. The molecule has 1 fully saturated rings. The number of para-hydroxylation sites is 1. The van der Waals surface area contributed by atoms with Crippen molar-refractivity contribution in [2.75, 3.05) is 6.61 Å². The number of aromatic nitrogens is 2. The van der Waals surface area contributed by atoms with Gasteiger partial charge in [0.15, 0.2) is 5.69 Å². The molecule has 9 heteroatoms. The van der Waals surface area contributed by atoms with Gasteiger partial charge >= 0.3 is 5.97 Å². The van der Waals surface area contributed by atoms with Crippen LogP contribution in [0.25, 0.3) is 5.69 Å². The van der Waals surface area contributed by atoms with Crippen LogP contribution in [0.5, 0.6) is 5.88 Å². The lowest BCUT2D eigenvalue weighted by atomic mass is 9.78. The molecular weight excluding hydrogens is 429 g/mol. The van der Waals surface area contributed by atoms with E-state index in [0.717, 1.165) is 12.8 Å². The smallest absolute Gasteiger partial charge is 0.305 e. The van der Waals surface area contributed by atoms with Crippen LogP contribution in [0.4, 0.5) is 4.39 Å². The second kappa shape index (κ2) is 9.13. The molecule has 3 N–H and O–H groups in total. The highest BCUT2D eigenvalue weighted by Gasteiger charge is 2.39. The van der Waals surface area contributed by atoms with Crippen molar-refractivity contribution < 1.29 is 28.9 Å². The third kappa shape index (κ3) is 5.52. The van der Waals surface area contributed by atoms with Crippen LogP contribution < -0.4 is 10.1 Å². The Labute approximate surface area is 192 Å². The highest BCUT2D eigenvalue weighted by Crippen LogP contribution is 2.34. The summed E-state index contributed by atoms with van der Waals surface area (Å²) >= 11 is 0. The normalized spacial score (nSPS) is 17.4. The van der Waals surface area contributed by atoms with Crippen LogP contribution in [-0.4, -0.2) is 49.6 Å². The van der Waals surface area contributed by atoms with E-state index in [1.807, 2.05) is 20.8 Å². The lowest BCUT2D eigenvalue weighted by Crippen LogP contribution is -2.48. The lowest BCUT2D eigenvalue weighted by Gasteiger charge is -2.36. The van der Waals surface area contributed by atoms with Crippen LogP contribution in [0.15, 0.2) is 30.3 Å². The van der Waals surface area contributed by atoms with Gasteiger partial charge in [-0.2, -0.15) is 9.78 Å². The quantitative estimate of drug-likeness (QED) is 0.552. The zero-order chi connectivity index (χ0) is 24.4. The molecular formula is C24H32FN3O5. The van der Waals surface area contributed by atoms with E-state index in [1.165, 1.54) is 28.9 Å². The number of aliphatic carboxylic acids is 1. The molecule has 1 aliphatic carbocycles. The van der Waals surface area contributed by atoms with E-state index in [9.17, 15) is 24.2 Å². The summed E-state index contributed by atoms with van der Waals surface area (Å²) in [4.78, 5) is 24.4.